The summed E-state index contributed by atoms with van der Waals surface area (Å²) in [6.45, 7) is 3.06. The SMILES string of the molecule is CCNC1CCCc2nc(-c3c(Cl)cccc3Cl)ncc21. The molecule has 1 aromatic carbocycles. The number of benzene rings is 1. The van der Waals surface area contributed by atoms with Crippen molar-refractivity contribution in [2.75, 3.05) is 6.54 Å². The lowest BCUT2D eigenvalue weighted by Crippen LogP contribution is -2.25. The maximum absolute atomic E-state index is 6.25. The molecule has 1 aromatic heterocycles. The van der Waals surface area contributed by atoms with Gasteiger partial charge in [-0.15, -0.1) is 0 Å². The van der Waals surface area contributed by atoms with Gasteiger partial charge in [0.1, 0.15) is 0 Å². The number of aromatic nitrogens is 2. The molecule has 5 heteroatoms. The van der Waals surface area contributed by atoms with Crippen LogP contribution in [0.2, 0.25) is 10.0 Å². The lowest BCUT2D eigenvalue weighted by molar-refractivity contribution is 0.464. The average molecular weight is 322 g/mol. The molecule has 0 bridgehead atoms. The number of nitrogens with one attached hydrogen (secondary N) is 1. The van der Waals surface area contributed by atoms with Crippen molar-refractivity contribution in [2.45, 2.75) is 32.2 Å². The molecule has 0 amide bonds. The normalized spacial score (nSPS) is 17.6. The van der Waals surface area contributed by atoms with Crippen LogP contribution in [0.4, 0.5) is 0 Å². The summed E-state index contributed by atoms with van der Waals surface area (Å²) >= 11 is 12.5. The second-order valence-corrected chi connectivity index (χ2v) is 6.01. The smallest absolute Gasteiger partial charge is 0.162 e. The molecule has 0 spiro atoms. The zero-order valence-electron chi connectivity index (χ0n) is 11.9. The van der Waals surface area contributed by atoms with Crippen LogP contribution in [0.1, 0.15) is 37.1 Å². The van der Waals surface area contributed by atoms with Crippen LogP contribution in [0.25, 0.3) is 11.4 Å². The molecule has 0 saturated carbocycles. The van der Waals surface area contributed by atoms with Gasteiger partial charge in [0.25, 0.3) is 0 Å². The van der Waals surface area contributed by atoms with Gasteiger partial charge in [0.05, 0.1) is 15.6 Å². The Morgan fingerprint density at radius 2 is 2.05 bits per heavy atom. The average Bonchev–Trinajstić information content (AvgIpc) is 2.47. The zero-order valence-corrected chi connectivity index (χ0v) is 13.4. The fraction of sp³-hybridized carbons (Fsp3) is 0.375. The number of halogens is 2. The Bertz CT molecular complexity index is 638. The van der Waals surface area contributed by atoms with Crippen LogP contribution in [0.5, 0.6) is 0 Å². The Morgan fingerprint density at radius 1 is 1.29 bits per heavy atom. The van der Waals surface area contributed by atoms with E-state index in [4.69, 9.17) is 28.2 Å². The van der Waals surface area contributed by atoms with Crippen LogP contribution >= 0.6 is 23.2 Å². The summed E-state index contributed by atoms with van der Waals surface area (Å²) in [5, 5.41) is 4.66. The molecule has 1 atom stereocenters. The molecule has 0 saturated heterocycles. The van der Waals surface area contributed by atoms with Crippen molar-refractivity contribution in [2.24, 2.45) is 0 Å². The first-order valence-electron chi connectivity index (χ1n) is 7.24. The second-order valence-electron chi connectivity index (χ2n) is 5.19. The van der Waals surface area contributed by atoms with Gasteiger partial charge < -0.3 is 5.32 Å². The maximum Gasteiger partial charge on any atom is 0.162 e. The summed E-state index contributed by atoms with van der Waals surface area (Å²) in [4.78, 5) is 9.21. The Morgan fingerprint density at radius 3 is 2.76 bits per heavy atom. The summed E-state index contributed by atoms with van der Waals surface area (Å²) < 4.78 is 0. The van der Waals surface area contributed by atoms with Gasteiger partial charge in [-0.2, -0.15) is 0 Å². The summed E-state index contributed by atoms with van der Waals surface area (Å²) in [5.74, 6) is 0.612. The van der Waals surface area contributed by atoms with Crippen molar-refractivity contribution in [3.8, 4) is 11.4 Å². The maximum atomic E-state index is 6.25. The Labute approximate surface area is 134 Å². The minimum Gasteiger partial charge on any atom is -0.310 e. The first-order chi connectivity index (χ1) is 10.2. The van der Waals surface area contributed by atoms with E-state index in [9.17, 15) is 0 Å². The third-order valence-corrected chi connectivity index (χ3v) is 4.45. The summed E-state index contributed by atoms with van der Waals surface area (Å²) in [6, 6.07) is 5.81. The van der Waals surface area contributed by atoms with Crippen LogP contribution in [0.15, 0.2) is 24.4 Å². The van der Waals surface area contributed by atoms with Gasteiger partial charge in [-0.25, -0.2) is 9.97 Å². The highest BCUT2D eigenvalue weighted by Crippen LogP contribution is 2.34. The molecule has 0 aliphatic heterocycles. The van der Waals surface area contributed by atoms with Gasteiger partial charge in [-0.1, -0.05) is 36.2 Å². The van der Waals surface area contributed by atoms with Crippen LogP contribution < -0.4 is 5.32 Å². The van der Waals surface area contributed by atoms with Gasteiger partial charge in [-0.3, -0.25) is 0 Å². The number of fused-ring (bicyclic) bond motifs is 1. The van der Waals surface area contributed by atoms with E-state index in [1.54, 1.807) is 0 Å². The fourth-order valence-electron chi connectivity index (χ4n) is 2.84. The Hall–Kier alpha value is -1.16. The highest BCUT2D eigenvalue weighted by atomic mass is 35.5. The van der Waals surface area contributed by atoms with Gasteiger partial charge >= 0.3 is 0 Å². The first kappa shape index (κ1) is 14.8. The van der Waals surface area contributed by atoms with Crippen LogP contribution in [-0.4, -0.2) is 16.5 Å². The van der Waals surface area contributed by atoms with Crippen molar-refractivity contribution in [1.82, 2.24) is 15.3 Å². The Kier molecular flexibility index (Phi) is 4.43. The lowest BCUT2D eigenvalue weighted by Gasteiger charge is -2.25. The van der Waals surface area contributed by atoms with E-state index < -0.39 is 0 Å². The van der Waals surface area contributed by atoms with Gasteiger partial charge in [-0.05, 0) is 37.9 Å². The first-order valence-corrected chi connectivity index (χ1v) is 8.00. The quantitative estimate of drug-likeness (QED) is 0.908. The molecule has 0 radical (unpaired) electrons. The van der Waals surface area contributed by atoms with Crippen molar-refractivity contribution in [3.63, 3.8) is 0 Å². The van der Waals surface area contributed by atoms with Gasteiger partial charge in [0.15, 0.2) is 5.82 Å². The highest BCUT2D eigenvalue weighted by molar-refractivity contribution is 6.38. The van der Waals surface area contributed by atoms with Crippen molar-refractivity contribution in [1.29, 1.82) is 0 Å². The minimum atomic E-state index is 0.356. The molecule has 2 aromatic rings. The van der Waals surface area contributed by atoms with Crippen LogP contribution in [0, 0.1) is 0 Å². The topological polar surface area (TPSA) is 37.8 Å². The molecule has 0 fully saturated rings. The lowest BCUT2D eigenvalue weighted by atomic mass is 9.92. The van der Waals surface area contributed by atoms with Crippen molar-refractivity contribution in [3.05, 3.63) is 45.7 Å². The van der Waals surface area contributed by atoms with Crippen LogP contribution in [-0.2, 0) is 6.42 Å². The predicted molar refractivity (Wildman–Crippen MR) is 86.8 cm³/mol. The third kappa shape index (κ3) is 2.91. The van der Waals surface area contributed by atoms with E-state index in [-0.39, 0.29) is 0 Å². The standard InChI is InChI=1S/C16H17Cl2N3/c1-2-19-13-7-4-8-14-10(13)9-20-16(21-14)15-11(17)5-3-6-12(15)18/h3,5-6,9,13,19H,2,4,7-8H2,1H3. The second kappa shape index (κ2) is 6.30. The van der Waals surface area contributed by atoms with Gasteiger partial charge in [0, 0.05) is 23.5 Å². The van der Waals surface area contributed by atoms with E-state index >= 15 is 0 Å². The third-order valence-electron chi connectivity index (χ3n) is 3.82. The predicted octanol–water partition coefficient (Wildman–Crippen LogP) is 4.44. The van der Waals surface area contributed by atoms with Crippen molar-refractivity contribution < 1.29 is 0 Å². The molecule has 110 valence electrons. The monoisotopic (exact) mass is 321 g/mol. The molecule has 3 nitrogen and oxygen atoms in total. The van der Waals surface area contributed by atoms with Gasteiger partial charge in [0.2, 0.25) is 0 Å². The molecule has 21 heavy (non-hydrogen) atoms. The summed E-state index contributed by atoms with van der Waals surface area (Å²) in [5.41, 5.74) is 3.03. The molecular formula is C16H17Cl2N3. The molecule has 1 aliphatic carbocycles. The summed E-state index contributed by atoms with van der Waals surface area (Å²) in [7, 11) is 0. The molecule has 1 unspecified atom stereocenters. The molecule has 1 aliphatic rings. The zero-order chi connectivity index (χ0) is 14.8. The van der Waals surface area contributed by atoms with E-state index in [2.05, 4.69) is 17.2 Å². The van der Waals surface area contributed by atoms with E-state index in [0.29, 0.717) is 27.5 Å². The molecule has 1 heterocycles. The van der Waals surface area contributed by atoms with Crippen molar-refractivity contribution >= 4 is 23.2 Å². The highest BCUT2D eigenvalue weighted by Gasteiger charge is 2.22. The van der Waals surface area contributed by atoms with Crippen LogP contribution in [0.3, 0.4) is 0 Å². The largest absolute Gasteiger partial charge is 0.310 e. The van der Waals surface area contributed by atoms with E-state index in [0.717, 1.165) is 31.5 Å². The Balaban J connectivity index is 2.04. The number of rotatable bonds is 3. The number of aryl methyl sites for hydroxylation is 1. The van der Waals surface area contributed by atoms with E-state index in [1.165, 1.54) is 5.56 Å². The molecular weight excluding hydrogens is 305 g/mol. The fourth-order valence-corrected chi connectivity index (χ4v) is 3.40. The number of hydrogen-bond donors (Lipinski definition) is 1. The number of hydrogen-bond acceptors (Lipinski definition) is 3. The summed E-state index contributed by atoms with van der Waals surface area (Å²) in [6.07, 6.45) is 5.17. The molecule has 1 N–H and O–H groups in total. The number of nitrogens with zero attached hydrogens (tertiary/aromatic N) is 2. The van der Waals surface area contributed by atoms with E-state index in [1.807, 2.05) is 24.4 Å². The minimum absolute atomic E-state index is 0.356. The molecule has 3 rings (SSSR count).